The zero-order valence-electron chi connectivity index (χ0n) is 19.0. The molecular weight excluding hydrogens is 526 g/mol. The standard InChI is InChI=1S/C22H24F3N6O2.Y/c1-4-31(33-27-3)9-10-32-21-18(15-11-13(2)28-17(12-15)20(24)25)19(29-22(26)30-21)14-5-7-16(23)8-6-14;/h5-8,11-12,20H,4,9-10H2,1-3H3,(H2,26,29,30);/q-1;. The SMILES string of the molecule is CCN(CCOc1nc(N)nc(-c2ccc(F)cc2)c1-c1cc(C)nc(C(F)F)c1)O[N-]C.[Y]. The Hall–Kier alpha value is -2.18. The maximum atomic E-state index is 13.5. The molecule has 0 aliphatic rings. The van der Waals surface area contributed by atoms with Gasteiger partial charge in [-0.25, -0.2) is 23.2 Å². The van der Waals surface area contributed by atoms with Crippen molar-refractivity contribution in [1.29, 1.82) is 0 Å². The monoisotopic (exact) mass is 550 g/mol. The van der Waals surface area contributed by atoms with Crippen LogP contribution in [0.4, 0.5) is 19.1 Å². The average Bonchev–Trinajstić information content (AvgIpc) is 2.78. The molecule has 0 saturated carbocycles. The van der Waals surface area contributed by atoms with E-state index >= 15 is 0 Å². The number of aromatic nitrogens is 3. The van der Waals surface area contributed by atoms with E-state index in [0.717, 1.165) is 0 Å². The van der Waals surface area contributed by atoms with Crippen LogP contribution < -0.4 is 10.5 Å². The number of nitrogens with zero attached hydrogens (tertiary/aromatic N) is 5. The van der Waals surface area contributed by atoms with Crippen molar-refractivity contribution in [3.8, 4) is 28.3 Å². The molecule has 179 valence electrons. The fraction of sp³-hybridized carbons (Fsp3) is 0.318. The first kappa shape index (κ1) is 28.1. The van der Waals surface area contributed by atoms with Crippen LogP contribution in [0.15, 0.2) is 36.4 Å². The Morgan fingerprint density at radius 3 is 2.41 bits per heavy atom. The Kier molecular flexibility index (Phi) is 10.8. The molecular formula is C22H24F3N6O2Y-. The number of pyridine rings is 1. The molecule has 0 fully saturated rings. The number of alkyl halides is 2. The fourth-order valence-corrected chi connectivity index (χ4v) is 3.20. The van der Waals surface area contributed by atoms with Crippen LogP contribution in [0.2, 0.25) is 0 Å². The van der Waals surface area contributed by atoms with Crippen LogP contribution in [0.5, 0.6) is 5.88 Å². The summed E-state index contributed by atoms with van der Waals surface area (Å²) in [7, 11) is 1.51. The molecule has 0 spiro atoms. The third-order valence-electron chi connectivity index (χ3n) is 4.63. The number of hydroxylamine groups is 3. The van der Waals surface area contributed by atoms with E-state index in [2.05, 4.69) is 20.4 Å². The molecule has 8 nitrogen and oxygen atoms in total. The van der Waals surface area contributed by atoms with E-state index in [4.69, 9.17) is 15.4 Å². The molecule has 1 radical (unpaired) electrons. The molecule has 0 unspecified atom stereocenters. The van der Waals surface area contributed by atoms with Gasteiger partial charge in [-0.05, 0) is 48.9 Å². The van der Waals surface area contributed by atoms with Crippen molar-refractivity contribution in [3.05, 3.63) is 59.1 Å². The Labute approximate surface area is 220 Å². The van der Waals surface area contributed by atoms with Gasteiger partial charge in [0.1, 0.15) is 18.1 Å². The molecule has 12 heteroatoms. The number of anilines is 1. The van der Waals surface area contributed by atoms with Gasteiger partial charge in [0.05, 0.1) is 17.8 Å². The third-order valence-corrected chi connectivity index (χ3v) is 4.63. The van der Waals surface area contributed by atoms with Crippen molar-refractivity contribution >= 4 is 5.95 Å². The summed E-state index contributed by atoms with van der Waals surface area (Å²) in [6, 6.07) is 8.45. The van der Waals surface area contributed by atoms with Crippen molar-refractivity contribution < 1.29 is 55.6 Å². The average molecular weight is 550 g/mol. The molecule has 3 rings (SSSR count). The zero-order valence-corrected chi connectivity index (χ0v) is 21.8. The number of ether oxygens (including phenoxy) is 1. The Bertz CT molecular complexity index is 1090. The van der Waals surface area contributed by atoms with Crippen LogP contribution in [-0.4, -0.2) is 46.8 Å². The van der Waals surface area contributed by atoms with Crippen LogP contribution in [-0.2, 0) is 37.6 Å². The van der Waals surface area contributed by atoms with Gasteiger partial charge in [0.15, 0.2) is 0 Å². The van der Waals surface area contributed by atoms with Crippen LogP contribution in [0.1, 0.15) is 24.7 Å². The number of aryl methyl sites for hydroxylation is 1. The smallest absolute Gasteiger partial charge is 0.280 e. The summed E-state index contributed by atoms with van der Waals surface area (Å²) in [4.78, 5) is 17.5. The molecule has 2 N–H and O–H groups in total. The minimum atomic E-state index is -2.77. The molecule has 2 heterocycles. The molecule has 3 aromatic rings. The molecule has 0 saturated heterocycles. The minimum absolute atomic E-state index is 0. The number of rotatable bonds is 10. The molecule has 0 amide bonds. The van der Waals surface area contributed by atoms with Gasteiger partial charge in [-0.15, -0.1) is 7.05 Å². The number of hydrogen-bond acceptors (Lipinski definition) is 7. The van der Waals surface area contributed by atoms with Gasteiger partial charge in [-0.3, -0.25) is 4.98 Å². The Morgan fingerprint density at radius 2 is 1.79 bits per heavy atom. The van der Waals surface area contributed by atoms with Gasteiger partial charge in [0.2, 0.25) is 11.8 Å². The van der Waals surface area contributed by atoms with E-state index < -0.39 is 17.9 Å². The maximum Gasteiger partial charge on any atom is 0.280 e. The van der Waals surface area contributed by atoms with Gasteiger partial charge in [-0.1, -0.05) is 6.92 Å². The predicted molar refractivity (Wildman–Crippen MR) is 118 cm³/mol. The number of benzene rings is 1. The summed E-state index contributed by atoms with van der Waals surface area (Å²) in [6.07, 6.45) is -2.77. The number of nitrogens with two attached hydrogens (primary N) is 1. The first-order chi connectivity index (χ1) is 15.8. The second-order valence-corrected chi connectivity index (χ2v) is 6.97. The van der Waals surface area contributed by atoms with E-state index in [0.29, 0.717) is 41.2 Å². The first-order valence-electron chi connectivity index (χ1n) is 10.2. The summed E-state index contributed by atoms with van der Waals surface area (Å²) in [5.41, 5.74) is 11.1. The van der Waals surface area contributed by atoms with Crippen molar-refractivity contribution in [2.45, 2.75) is 20.3 Å². The summed E-state index contributed by atoms with van der Waals surface area (Å²) < 4.78 is 46.3. The Morgan fingerprint density at radius 1 is 1.09 bits per heavy atom. The molecule has 0 atom stereocenters. The number of hydrogen-bond donors (Lipinski definition) is 1. The van der Waals surface area contributed by atoms with Crippen LogP contribution in [0.25, 0.3) is 27.9 Å². The molecule has 1 aromatic carbocycles. The van der Waals surface area contributed by atoms with Crippen LogP contribution >= 0.6 is 0 Å². The van der Waals surface area contributed by atoms with Crippen molar-refractivity contribution in [2.75, 3.05) is 32.5 Å². The van der Waals surface area contributed by atoms with Gasteiger partial charge < -0.3 is 20.9 Å². The van der Waals surface area contributed by atoms with E-state index in [1.807, 2.05) is 6.92 Å². The molecule has 0 bridgehead atoms. The van der Waals surface area contributed by atoms with Crippen molar-refractivity contribution in [2.24, 2.45) is 0 Å². The quantitative estimate of drug-likeness (QED) is 0.365. The molecule has 34 heavy (non-hydrogen) atoms. The largest absolute Gasteiger partial charge is 0.516 e. The predicted octanol–water partition coefficient (Wildman–Crippen LogP) is 4.72. The number of nitrogen functional groups attached to an aromatic ring is 1. The fourth-order valence-electron chi connectivity index (χ4n) is 3.20. The summed E-state index contributed by atoms with van der Waals surface area (Å²) in [5, 5.41) is 1.57. The van der Waals surface area contributed by atoms with Gasteiger partial charge in [0.25, 0.3) is 6.43 Å². The molecule has 0 aliphatic carbocycles. The van der Waals surface area contributed by atoms with Gasteiger partial charge >= 0.3 is 0 Å². The normalized spacial score (nSPS) is 11.1. The van der Waals surface area contributed by atoms with E-state index in [1.165, 1.54) is 37.4 Å². The number of likely N-dealkylation sites (N-methyl/N-ethyl adjacent to an activating group) is 1. The molecule has 0 aliphatic heterocycles. The summed E-state index contributed by atoms with van der Waals surface area (Å²) in [6.45, 7) is 4.54. The topological polar surface area (TPSA) is 100 Å². The van der Waals surface area contributed by atoms with Crippen LogP contribution in [0, 0.1) is 12.7 Å². The minimum Gasteiger partial charge on any atom is -0.516 e. The maximum absolute atomic E-state index is 13.5. The van der Waals surface area contributed by atoms with Gasteiger partial charge in [-0.2, -0.15) is 4.98 Å². The van der Waals surface area contributed by atoms with E-state index in [1.54, 1.807) is 18.1 Å². The van der Waals surface area contributed by atoms with E-state index in [9.17, 15) is 13.2 Å². The zero-order chi connectivity index (χ0) is 24.0. The van der Waals surface area contributed by atoms with Crippen molar-refractivity contribution in [1.82, 2.24) is 20.0 Å². The second kappa shape index (κ2) is 13.1. The third kappa shape index (κ3) is 7.16. The Balaban J connectivity index is 0.00000408. The van der Waals surface area contributed by atoms with Crippen LogP contribution in [0.3, 0.4) is 0 Å². The van der Waals surface area contributed by atoms with Crippen molar-refractivity contribution in [3.63, 3.8) is 0 Å². The van der Waals surface area contributed by atoms with E-state index in [-0.39, 0.29) is 51.1 Å². The summed E-state index contributed by atoms with van der Waals surface area (Å²) in [5.74, 6) is -0.420. The molecule has 2 aromatic heterocycles. The summed E-state index contributed by atoms with van der Waals surface area (Å²) >= 11 is 0. The number of halogens is 3. The second-order valence-electron chi connectivity index (χ2n) is 6.97. The first-order valence-corrected chi connectivity index (χ1v) is 10.2. The van der Waals surface area contributed by atoms with Gasteiger partial charge in [0, 0.05) is 50.5 Å².